The van der Waals surface area contributed by atoms with Gasteiger partial charge in [-0.3, -0.25) is 4.79 Å². The van der Waals surface area contributed by atoms with Crippen LogP contribution in [0.4, 0.5) is 8.78 Å². The van der Waals surface area contributed by atoms with Crippen molar-refractivity contribution in [3.8, 4) is 12.3 Å². The van der Waals surface area contributed by atoms with E-state index in [-0.39, 0.29) is 19.5 Å². The third-order valence-corrected chi connectivity index (χ3v) is 2.01. The molecule has 0 aromatic heterocycles. The first-order chi connectivity index (χ1) is 5.98. The monoisotopic (exact) mass is 189 g/mol. The first kappa shape index (κ1) is 9.93. The molecule has 0 aromatic rings. The fourth-order valence-electron chi connectivity index (χ4n) is 1.24. The molecule has 5 heteroatoms. The van der Waals surface area contributed by atoms with E-state index >= 15 is 0 Å². The Labute approximate surface area is 74.3 Å². The van der Waals surface area contributed by atoms with E-state index in [1.54, 1.807) is 0 Å². The van der Waals surface area contributed by atoms with Gasteiger partial charge in [-0.1, -0.05) is 5.92 Å². The lowest BCUT2D eigenvalue weighted by Gasteiger charge is -2.17. The fraction of sp³-hybridized carbons (Fsp3) is 0.625. The van der Waals surface area contributed by atoms with Gasteiger partial charge >= 0.3 is 6.43 Å². The summed E-state index contributed by atoms with van der Waals surface area (Å²) in [5.41, 5.74) is -1.43. The van der Waals surface area contributed by atoms with Gasteiger partial charge in [0.05, 0.1) is 6.54 Å². The maximum absolute atomic E-state index is 11.9. The Morgan fingerprint density at radius 1 is 1.69 bits per heavy atom. The number of amides is 1. The lowest BCUT2D eigenvalue weighted by molar-refractivity contribution is -0.142. The lowest BCUT2D eigenvalue weighted by atomic mass is 10.1. The number of halogens is 2. The number of likely N-dealkylation sites (tertiary alicyclic amines) is 1. The van der Waals surface area contributed by atoms with E-state index in [1.807, 2.05) is 0 Å². The lowest BCUT2D eigenvalue weighted by Crippen LogP contribution is -2.37. The SMILES string of the molecule is C#CC1(O)CCN(C(=O)C(F)F)C1. The van der Waals surface area contributed by atoms with Crippen LogP contribution in [0.2, 0.25) is 0 Å². The van der Waals surface area contributed by atoms with Crippen molar-refractivity contribution >= 4 is 5.91 Å². The van der Waals surface area contributed by atoms with Crippen molar-refractivity contribution in [3.05, 3.63) is 0 Å². The van der Waals surface area contributed by atoms with Gasteiger partial charge in [0.25, 0.3) is 5.91 Å². The van der Waals surface area contributed by atoms with E-state index in [1.165, 1.54) is 0 Å². The molecule has 1 fully saturated rings. The molecular formula is C8H9F2NO2. The average molecular weight is 189 g/mol. The summed E-state index contributed by atoms with van der Waals surface area (Å²) < 4.78 is 23.8. The van der Waals surface area contributed by atoms with E-state index in [2.05, 4.69) is 5.92 Å². The minimum atomic E-state index is -3.03. The molecule has 1 saturated heterocycles. The molecule has 1 atom stereocenters. The van der Waals surface area contributed by atoms with Crippen molar-refractivity contribution in [1.29, 1.82) is 0 Å². The Hall–Kier alpha value is -1.15. The third-order valence-electron chi connectivity index (χ3n) is 2.01. The van der Waals surface area contributed by atoms with Crippen molar-refractivity contribution < 1.29 is 18.7 Å². The molecule has 0 bridgehead atoms. The van der Waals surface area contributed by atoms with Crippen molar-refractivity contribution in [2.75, 3.05) is 13.1 Å². The van der Waals surface area contributed by atoms with Crippen LogP contribution < -0.4 is 0 Å². The van der Waals surface area contributed by atoms with E-state index < -0.39 is 17.9 Å². The Morgan fingerprint density at radius 3 is 2.69 bits per heavy atom. The largest absolute Gasteiger partial charge is 0.376 e. The summed E-state index contributed by atoms with van der Waals surface area (Å²) in [6, 6.07) is 0. The number of β-amino-alcohol motifs (C(OH)–C–C–N with tert-alkyl or cyclic N) is 1. The maximum atomic E-state index is 11.9. The van der Waals surface area contributed by atoms with Gasteiger partial charge in [0.1, 0.15) is 5.60 Å². The Bertz CT molecular complexity index is 261. The van der Waals surface area contributed by atoms with Gasteiger partial charge in [-0.15, -0.1) is 6.42 Å². The summed E-state index contributed by atoms with van der Waals surface area (Å²) >= 11 is 0. The molecule has 1 aliphatic rings. The minimum absolute atomic E-state index is 0.0872. The van der Waals surface area contributed by atoms with Crippen LogP contribution in [-0.4, -0.2) is 41.0 Å². The van der Waals surface area contributed by atoms with Crippen LogP contribution in [0.15, 0.2) is 0 Å². The quantitative estimate of drug-likeness (QED) is 0.583. The predicted molar refractivity (Wildman–Crippen MR) is 41.0 cm³/mol. The molecule has 0 spiro atoms. The molecular weight excluding hydrogens is 180 g/mol. The van der Waals surface area contributed by atoms with Crippen LogP contribution in [0.25, 0.3) is 0 Å². The molecule has 0 aliphatic carbocycles. The van der Waals surface area contributed by atoms with Gasteiger partial charge in [-0.25, -0.2) is 0 Å². The highest BCUT2D eigenvalue weighted by Gasteiger charge is 2.38. The van der Waals surface area contributed by atoms with Crippen LogP contribution in [-0.2, 0) is 4.79 Å². The highest BCUT2D eigenvalue weighted by molar-refractivity contribution is 5.79. The molecule has 1 N–H and O–H groups in total. The smallest absolute Gasteiger partial charge is 0.315 e. The summed E-state index contributed by atoms with van der Waals surface area (Å²) in [5, 5.41) is 9.43. The average Bonchev–Trinajstić information content (AvgIpc) is 2.47. The second kappa shape index (κ2) is 3.30. The summed E-state index contributed by atoms with van der Waals surface area (Å²) in [4.78, 5) is 11.6. The van der Waals surface area contributed by atoms with Gasteiger partial charge in [0.2, 0.25) is 0 Å². The van der Waals surface area contributed by atoms with Crippen LogP contribution in [0, 0.1) is 12.3 Å². The standard InChI is InChI=1S/C8H9F2NO2/c1-2-8(13)3-4-11(5-8)7(12)6(9)10/h1,6,13H,3-5H2. The predicted octanol–water partition coefficient (Wildman–Crippen LogP) is -0.152. The maximum Gasteiger partial charge on any atom is 0.315 e. The third kappa shape index (κ3) is 1.95. The first-order valence-corrected chi connectivity index (χ1v) is 3.75. The Kier molecular flexibility index (Phi) is 2.52. The molecule has 13 heavy (non-hydrogen) atoms. The highest BCUT2D eigenvalue weighted by Crippen LogP contribution is 2.21. The highest BCUT2D eigenvalue weighted by atomic mass is 19.3. The van der Waals surface area contributed by atoms with E-state index in [4.69, 9.17) is 6.42 Å². The van der Waals surface area contributed by atoms with Crippen molar-refractivity contribution in [1.82, 2.24) is 4.90 Å². The Balaban J connectivity index is 2.61. The zero-order chi connectivity index (χ0) is 10.1. The van der Waals surface area contributed by atoms with Crippen molar-refractivity contribution in [2.24, 2.45) is 0 Å². The molecule has 0 radical (unpaired) electrons. The number of hydrogen-bond acceptors (Lipinski definition) is 2. The Morgan fingerprint density at radius 2 is 2.31 bits per heavy atom. The van der Waals surface area contributed by atoms with Crippen LogP contribution in [0.1, 0.15) is 6.42 Å². The first-order valence-electron chi connectivity index (χ1n) is 3.75. The second-order valence-electron chi connectivity index (χ2n) is 2.99. The molecule has 1 unspecified atom stereocenters. The molecule has 0 saturated carbocycles. The normalized spacial score (nSPS) is 27.8. The number of aliphatic hydroxyl groups is 1. The number of hydrogen-bond donors (Lipinski definition) is 1. The molecule has 72 valence electrons. The molecule has 3 nitrogen and oxygen atoms in total. The number of nitrogens with zero attached hydrogens (tertiary/aromatic N) is 1. The number of rotatable bonds is 1. The van der Waals surface area contributed by atoms with Crippen LogP contribution in [0.3, 0.4) is 0 Å². The molecule has 0 aromatic carbocycles. The second-order valence-corrected chi connectivity index (χ2v) is 2.99. The van der Waals surface area contributed by atoms with Crippen molar-refractivity contribution in [2.45, 2.75) is 18.4 Å². The molecule has 1 rings (SSSR count). The summed E-state index contributed by atoms with van der Waals surface area (Å²) in [7, 11) is 0. The summed E-state index contributed by atoms with van der Waals surface area (Å²) in [6.07, 6.45) is 2.11. The van der Waals surface area contributed by atoms with E-state index in [0.29, 0.717) is 0 Å². The van der Waals surface area contributed by atoms with Crippen molar-refractivity contribution in [3.63, 3.8) is 0 Å². The number of terminal acetylenes is 1. The fourth-order valence-corrected chi connectivity index (χ4v) is 1.24. The number of carbonyl (C=O) groups is 1. The van der Waals surface area contributed by atoms with Gasteiger partial charge in [0, 0.05) is 13.0 Å². The zero-order valence-electron chi connectivity index (χ0n) is 6.83. The number of alkyl halides is 2. The van der Waals surface area contributed by atoms with Crippen LogP contribution in [0.5, 0.6) is 0 Å². The van der Waals surface area contributed by atoms with Gasteiger partial charge < -0.3 is 10.0 Å². The molecule has 1 amide bonds. The van der Waals surface area contributed by atoms with Gasteiger partial charge in [-0.2, -0.15) is 8.78 Å². The van der Waals surface area contributed by atoms with E-state index in [0.717, 1.165) is 4.90 Å². The van der Waals surface area contributed by atoms with Crippen LogP contribution >= 0.6 is 0 Å². The summed E-state index contributed by atoms with van der Waals surface area (Å²) in [6.45, 7) is -0.115. The topological polar surface area (TPSA) is 40.5 Å². The minimum Gasteiger partial charge on any atom is -0.376 e. The van der Waals surface area contributed by atoms with Gasteiger partial charge in [0.15, 0.2) is 0 Å². The van der Waals surface area contributed by atoms with E-state index in [9.17, 15) is 18.7 Å². The molecule has 1 aliphatic heterocycles. The molecule has 1 heterocycles. The summed E-state index contributed by atoms with van der Waals surface area (Å²) in [5.74, 6) is 0.809. The zero-order valence-corrected chi connectivity index (χ0v) is 6.83. The van der Waals surface area contributed by atoms with Gasteiger partial charge in [-0.05, 0) is 0 Å². The number of carbonyl (C=O) groups excluding carboxylic acids is 1.